The Morgan fingerprint density at radius 3 is 2.80 bits per heavy atom. The number of ether oxygens (including phenoxy) is 1. The quantitative estimate of drug-likeness (QED) is 0.753. The van der Waals surface area contributed by atoms with Gasteiger partial charge in [0.1, 0.15) is 11.5 Å². The number of Topliss-reactive ketones (excluding diaryl/α,β-unsaturated/α-hetero) is 1. The maximum Gasteiger partial charge on any atom is 0.134 e. The van der Waals surface area contributed by atoms with Crippen LogP contribution < -0.4 is 4.74 Å². The van der Waals surface area contributed by atoms with Crippen molar-refractivity contribution in [2.24, 2.45) is 0 Å². The van der Waals surface area contributed by atoms with Crippen molar-refractivity contribution in [3.05, 3.63) is 29.3 Å². The third-order valence-corrected chi connectivity index (χ3v) is 2.47. The van der Waals surface area contributed by atoms with Gasteiger partial charge in [0.05, 0.1) is 6.10 Å². The van der Waals surface area contributed by atoms with E-state index >= 15 is 0 Å². The molecule has 1 aliphatic rings. The summed E-state index contributed by atoms with van der Waals surface area (Å²) in [7, 11) is 0. The van der Waals surface area contributed by atoms with Crippen molar-refractivity contribution in [2.75, 3.05) is 0 Å². The standard InChI is InChI=1S/C13H16O2/c1-9-3-6-13(15-12-4-5-12)11(7-9)8-10(2)14/h3,6-7,12H,4-5,8H2,1-2H3. The van der Waals surface area contributed by atoms with E-state index in [-0.39, 0.29) is 5.78 Å². The maximum absolute atomic E-state index is 11.1. The predicted molar refractivity (Wildman–Crippen MR) is 59.2 cm³/mol. The highest BCUT2D eigenvalue weighted by Gasteiger charge is 2.24. The molecule has 0 N–H and O–H groups in total. The molecule has 2 heteroatoms. The molecule has 2 rings (SSSR count). The molecule has 1 aliphatic carbocycles. The second-order valence-electron chi connectivity index (χ2n) is 4.31. The minimum absolute atomic E-state index is 0.182. The second-order valence-corrected chi connectivity index (χ2v) is 4.31. The SMILES string of the molecule is CC(=O)Cc1cc(C)ccc1OC1CC1. The van der Waals surface area contributed by atoms with E-state index in [1.807, 2.05) is 25.1 Å². The fourth-order valence-corrected chi connectivity index (χ4v) is 1.60. The van der Waals surface area contributed by atoms with E-state index in [1.165, 1.54) is 5.56 Å². The summed E-state index contributed by atoms with van der Waals surface area (Å²) in [4.78, 5) is 11.1. The molecule has 1 aromatic rings. The van der Waals surface area contributed by atoms with Gasteiger partial charge in [-0.2, -0.15) is 0 Å². The first-order valence-electron chi connectivity index (χ1n) is 5.41. The van der Waals surface area contributed by atoms with E-state index in [9.17, 15) is 4.79 Å². The summed E-state index contributed by atoms with van der Waals surface area (Å²) < 4.78 is 5.76. The van der Waals surface area contributed by atoms with Crippen molar-refractivity contribution in [1.82, 2.24) is 0 Å². The van der Waals surface area contributed by atoms with Crippen LogP contribution in [0.2, 0.25) is 0 Å². The fourth-order valence-electron chi connectivity index (χ4n) is 1.60. The normalized spacial score (nSPS) is 15.1. The van der Waals surface area contributed by atoms with Crippen LogP contribution in [-0.4, -0.2) is 11.9 Å². The minimum Gasteiger partial charge on any atom is -0.490 e. The van der Waals surface area contributed by atoms with Crippen LogP contribution in [0, 0.1) is 6.92 Å². The van der Waals surface area contributed by atoms with Gasteiger partial charge < -0.3 is 4.74 Å². The molecule has 1 saturated carbocycles. The number of hydrogen-bond acceptors (Lipinski definition) is 2. The van der Waals surface area contributed by atoms with Gasteiger partial charge in [0, 0.05) is 12.0 Å². The number of hydrogen-bond donors (Lipinski definition) is 0. The Hall–Kier alpha value is -1.31. The molecule has 0 aliphatic heterocycles. The van der Waals surface area contributed by atoms with E-state index in [2.05, 4.69) is 0 Å². The Morgan fingerprint density at radius 1 is 1.47 bits per heavy atom. The van der Waals surface area contributed by atoms with E-state index < -0.39 is 0 Å². The van der Waals surface area contributed by atoms with E-state index in [0.29, 0.717) is 12.5 Å². The number of carbonyl (C=O) groups excluding carboxylic acids is 1. The highest BCUT2D eigenvalue weighted by molar-refractivity contribution is 5.79. The average Bonchev–Trinajstić information content (AvgIpc) is 2.92. The Kier molecular flexibility index (Phi) is 2.76. The van der Waals surface area contributed by atoms with E-state index in [1.54, 1.807) is 6.92 Å². The van der Waals surface area contributed by atoms with Crippen LogP contribution in [0.4, 0.5) is 0 Å². The third-order valence-electron chi connectivity index (χ3n) is 2.47. The molecular formula is C13H16O2. The summed E-state index contributed by atoms with van der Waals surface area (Å²) in [6.45, 7) is 3.65. The number of benzene rings is 1. The van der Waals surface area contributed by atoms with Gasteiger partial charge in [-0.15, -0.1) is 0 Å². The van der Waals surface area contributed by atoms with Crippen molar-refractivity contribution >= 4 is 5.78 Å². The highest BCUT2D eigenvalue weighted by atomic mass is 16.5. The second kappa shape index (κ2) is 4.05. The van der Waals surface area contributed by atoms with Gasteiger partial charge in [-0.05, 0) is 32.8 Å². The number of carbonyl (C=O) groups is 1. The Labute approximate surface area is 90.3 Å². The molecule has 0 saturated heterocycles. The van der Waals surface area contributed by atoms with Gasteiger partial charge in [0.2, 0.25) is 0 Å². The molecule has 0 aromatic heterocycles. The molecule has 1 fully saturated rings. The lowest BCUT2D eigenvalue weighted by molar-refractivity contribution is -0.116. The Bertz CT molecular complexity index is 378. The zero-order chi connectivity index (χ0) is 10.8. The fraction of sp³-hybridized carbons (Fsp3) is 0.462. The number of ketones is 1. The molecule has 2 nitrogen and oxygen atoms in total. The van der Waals surface area contributed by atoms with Crippen molar-refractivity contribution < 1.29 is 9.53 Å². The first-order chi connectivity index (χ1) is 7.15. The van der Waals surface area contributed by atoms with Gasteiger partial charge >= 0.3 is 0 Å². The molecule has 80 valence electrons. The summed E-state index contributed by atoms with van der Waals surface area (Å²) in [6, 6.07) is 6.05. The van der Waals surface area contributed by atoms with Crippen molar-refractivity contribution in [2.45, 2.75) is 39.2 Å². The molecule has 0 atom stereocenters. The van der Waals surface area contributed by atoms with Crippen molar-refractivity contribution in [3.63, 3.8) is 0 Å². The molecule has 15 heavy (non-hydrogen) atoms. The van der Waals surface area contributed by atoms with Crippen LogP contribution in [-0.2, 0) is 11.2 Å². The summed E-state index contributed by atoms with van der Waals surface area (Å²) in [6.07, 6.45) is 3.16. The van der Waals surface area contributed by atoms with Gasteiger partial charge in [-0.1, -0.05) is 17.7 Å². The van der Waals surface area contributed by atoms with Crippen LogP contribution in [0.3, 0.4) is 0 Å². The first kappa shape index (κ1) is 10.2. The van der Waals surface area contributed by atoms with Gasteiger partial charge in [-0.25, -0.2) is 0 Å². The molecule has 1 aromatic carbocycles. The zero-order valence-corrected chi connectivity index (χ0v) is 9.25. The monoisotopic (exact) mass is 204 g/mol. The largest absolute Gasteiger partial charge is 0.490 e. The van der Waals surface area contributed by atoms with Gasteiger partial charge in [0.15, 0.2) is 0 Å². The van der Waals surface area contributed by atoms with E-state index in [4.69, 9.17) is 4.74 Å². The highest BCUT2D eigenvalue weighted by Crippen LogP contribution is 2.29. The van der Waals surface area contributed by atoms with Crippen molar-refractivity contribution in [3.8, 4) is 5.75 Å². The molecule has 0 unspecified atom stereocenters. The summed E-state index contributed by atoms with van der Waals surface area (Å²) >= 11 is 0. The molecule has 0 amide bonds. The van der Waals surface area contributed by atoms with Crippen LogP contribution in [0.15, 0.2) is 18.2 Å². The first-order valence-corrected chi connectivity index (χ1v) is 5.41. The van der Waals surface area contributed by atoms with Crippen molar-refractivity contribution in [1.29, 1.82) is 0 Å². The lowest BCUT2D eigenvalue weighted by atomic mass is 10.1. The summed E-state index contributed by atoms with van der Waals surface area (Å²) in [5.41, 5.74) is 2.20. The molecule has 0 bridgehead atoms. The van der Waals surface area contributed by atoms with Gasteiger partial charge in [0.25, 0.3) is 0 Å². The molecule has 0 radical (unpaired) electrons. The Balaban J connectivity index is 2.21. The smallest absolute Gasteiger partial charge is 0.134 e. The zero-order valence-electron chi connectivity index (χ0n) is 9.25. The van der Waals surface area contributed by atoms with Crippen LogP contribution in [0.5, 0.6) is 5.75 Å². The average molecular weight is 204 g/mol. The Morgan fingerprint density at radius 2 is 2.20 bits per heavy atom. The maximum atomic E-state index is 11.1. The van der Waals surface area contributed by atoms with Crippen LogP contribution in [0.25, 0.3) is 0 Å². The molecule has 0 spiro atoms. The number of rotatable bonds is 4. The lowest BCUT2D eigenvalue weighted by Crippen LogP contribution is -2.03. The van der Waals surface area contributed by atoms with Gasteiger partial charge in [-0.3, -0.25) is 4.79 Å². The molecule has 0 heterocycles. The minimum atomic E-state index is 0.182. The van der Waals surface area contributed by atoms with Crippen LogP contribution >= 0.6 is 0 Å². The van der Waals surface area contributed by atoms with Crippen LogP contribution in [0.1, 0.15) is 30.9 Å². The lowest BCUT2D eigenvalue weighted by Gasteiger charge is -2.10. The topological polar surface area (TPSA) is 26.3 Å². The summed E-state index contributed by atoms with van der Waals surface area (Å²) in [5.74, 6) is 1.07. The number of aryl methyl sites for hydroxylation is 1. The third kappa shape index (κ3) is 2.82. The van der Waals surface area contributed by atoms with E-state index in [0.717, 1.165) is 24.2 Å². The molecular weight excluding hydrogens is 188 g/mol. The summed E-state index contributed by atoms with van der Waals surface area (Å²) in [5, 5.41) is 0. The predicted octanol–water partition coefficient (Wildman–Crippen LogP) is 2.67.